The van der Waals surface area contributed by atoms with Crippen LogP contribution in [0.5, 0.6) is 0 Å². The number of hydrogen-bond acceptors (Lipinski definition) is 4. The number of aromatic nitrogens is 2. The first-order valence-electron chi connectivity index (χ1n) is 6.61. The average molecular weight is 262 g/mol. The van der Waals surface area contributed by atoms with Crippen LogP contribution in [0.2, 0.25) is 0 Å². The van der Waals surface area contributed by atoms with Crippen LogP contribution in [-0.2, 0) is 6.42 Å². The number of hydrogen-bond donors (Lipinski definition) is 1. The molecule has 0 amide bonds. The number of carboxylic acids is 1. The largest absolute Gasteiger partial charge is 0.476 e. The Morgan fingerprint density at radius 2 is 2.05 bits per heavy atom. The van der Waals surface area contributed by atoms with Gasteiger partial charge in [-0.15, -0.1) is 0 Å². The summed E-state index contributed by atoms with van der Waals surface area (Å²) in [6.07, 6.45) is 5.56. The monoisotopic (exact) mass is 262 g/mol. The molecule has 19 heavy (non-hydrogen) atoms. The molecule has 1 fully saturated rings. The van der Waals surface area contributed by atoms with Gasteiger partial charge in [0.15, 0.2) is 5.69 Å². The molecule has 0 saturated carbocycles. The molecule has 0 radical (unpaired) electrons. The van der Waals surface area contributed by atoms with Crippen LogP contribution in [0.25, 0.3) is 5.82 Å². The Kier molecular flexibility index (Phi) is 3.02. The molecule has 0 unspecified atom stereocenters. The molecule has 1 aromatic heterocycles. The molecule has 1 aromatic rings. The van der Waals surface area contributed by atoms with Gasteiger partial charge in [0.05, 0.1) is 0 Å². The molecular weight excluding hydrogens is 244 g/mol. The maximum atomic E-state index is 11.0. The van der Waals surface area contributed by atoms with Crippen molar-refractivity contribution < 1.29 is 9.90 Å². The number of fused-ring (bicyclic) bond motifs is 1. The summed E-state index contributed by atoms with van der Waals surface area (Å²) in [5.74, 6) is 0.989. The summed E-state index contributed by atoms with van der Waals surface area (Å²) in [5.41, 5.74) is 0.136. The second-order valence-electron chi connectivity index (χ2n) is 5.11. The van der Waals surface area contributed by atoms with Crippen molar-refractivity contribution in [1.29, 1.82) is 0 Å². The van der Waals surface area contributed by atoms with E-state index in [1.165, 1.54) is 0 Å². The van der Waals surface area contributed by atoms with E-state index < -0.39 is 5.97 Å². The van der Waals surface area contributed by atoms with Gasteiger partial charge in [-0.2, -0.15) is 0 Å². The topological polar surface area (TPSA) is 61.6 Å². The molecule has 3 heterocycles. The maximum absolute atomic E-state index is 11.0. The third-order valence-electron chi connectivity index (χ3n) is 3.77. The Hall–Kier alpha value is -1.82. The normalized spacial score (nSPS) is 20.1. The Labute approximate surface area is 111 Å². The van der Waals surface area contributed by atoms with Crippen molar-refractivity contribution in [1.82, 2.24) is 19.4 Å². The minimum absolute atomic E-state index is 0.136. The first-order chi connectivity index (χ1) is 9.15. The minimum Gasteiger partial charge on any atom is -0.476 e. The van der Waals surface area contributed by atoms with Gasteiger partial charge in [-0.05, 0) is 19.5 Å². The summed E-state index contributed by atoms with van der Waals surface area (Å²) in [4.78, 5) is 19.8. The van der Waals surface area contributed by atoms with Crippen LogP contribution in [0.4, 0.5) is 0 Å². The van der Waals surface area contributed by atoms with Crippen molar-refractivity contribution in [3.63, 3.8) is 0 Å². The zero-order valence-electron chi connectivity index (χ0n) is 11.0. The number of aryl methyl sites for hydroxylation is 1. The third kappa shape index (κ3) is 2.23. The molecule has 0 spiro atoms. The van der Waals surface area contributed by atoms with Gasteiger partial charge in [0.25, 0.3) is 0 Å². The standard InChI is InChI=1S/C13H18N4O2/c1-15-5-7-16(8-6-15)12-4-2-3-11-14-10(13(18)19)9-17(11)12/h4,9H,2-3,5-8H2,1H3,(H,18,19). The van der Waals surface area contributed by atoms with Crippen molar-refractivity contribution in [2.75, 3.05) is 33.2 Å². The van der Waals surface area contributed by atoms with Gasteiger partial charge in [0.2, 0.25) is 0 Å². The Morgan fingerprint density at radius 1 is 1.32 bits per heavy atom. The summed E-state index contributed by atoms with van der Waals surface area (Å²) >= 11 is 0. The van der Waals surface area contributed by atoms with Crippen LogP contribution in [0.15, 0.2) is 12.3 Å². The fourth-order valence-corrected chi connectivity index (χ4v) is 2.64. The highest BCUT2D eigenvalue weighted by atomic mass is 16.4. The molecule has 2 aliphatic rings. The molecule has 0 bridgehead atoms. The number of carboxylic acid groups (broad SMARTS) is 1. The lowest BCUT2D eigenvalue weighted by molar-refractivity contribution is 0.0691. The molecular formula is C13H18N4O2. The first kappa shape index (κ1) is 12.2. The molecule has 3 rings (SSSR count). The van der Waals surface area contributed by atoms with Crippen LogP contribution in [0.1, 0.15) is 22.7 Å². The highest BCUT2D eigenvalue weighted by molar-refractivity contribution is 5.85. The van der Waals surface area contributed by atoms with Gasteiger partial charge >= 0.3 is 5.97 Å². The molecule has 0 atom stereocenters. The lowest BCUT2D eigenvalue weighted by Gasteiger charge is -2.37. The van der Waals surface area contributed by atoms with Crippen LogP contribution >= 0.6 is 0 Å². The number of likely N-dealkylation sites (N-methyl/N-ethyl adjacent to an activating group) is 1. The van der Waals surface area contributed by atoms with Gasteiger partial charge in [0, 0.05) is 38.8 Å². The van der Waals surface area contributed by atoms with Crippen molar-refractivity contribution in [3.8, 4) is 0 Å². The summed E-state index contributed by atoms with van der Waals surface area (Å²) < 4.78 is 1.94. The van der Waals surface area contributed by atoms with E-state index in [2.05, 4.69) is 27.9 Å². The zero-order chi connectivity index (χ0) is 13.4. The maximum Gasteiger partial charge on any atom is 0.356 e. The molecule has 0 aliphatic carbocycles. The summed E-state index contributed by atoms with van der Waals surface area (Å²) in [6.45, 7) is 4.02. The van der Waals surface area contributed by atoms with E-state index in [0.717, 1.165) is 50.7 Å². The predicted octanol–water partition coefficient (Wildman–Crippen LogP) is 0.573. The fraction of sp³-hybridized carbons (Fsp3) is 0.538. The van der Waals surface area contributed by atoms with Crippen LogP contribution < -0.4 is 0 Å². The van der Waals surface area contributed by atoms with E-state index in [1.54, 1.807) is 6.20 Å². The van der Waals surface area contributed by atoms with Crippen molar-refractivity contribution in [2.45, 2.75) is 12.8 Å². The average Bonchev–Trinajstić information content (AvgIpc) is 2.83. The number of piperazine rings is 1. The lowest BCUT2D eigenvalue weighted by Crippen LogP contribution is -2.44. The van der Waals surface area contributed by atoms with Crippen molar-refractivity contribution >= 4 is 11.8 Å². The van der Waals surface area contributed by atoms with E-state index in [1.807, 2.05) is 4.57 Å². The first-order valence-corrected chi connectivity index (χ1v) is 6.61. The third-order valence-corrected chi connectivity index (χ3v) is 3.77. The van der Waals surface area contributed by atoms with E-state index in [9.17, 15) is 4.79 Å². The second kappa shape index (κ2) is 4.70. The van der Waals surface area contributed by atoms with Gasteiger partial charge in [0.1, 0.15) is 11.6 Å². The Balaban J connectivity index is 1.88. The number of allylic oxidation sites excluding steroid dienone is 1. The van der Waals surface area contributed by atoms with Gasteiger partial charge < -0.3 is 14.9 Å². The van der Waals surface area contributed by atoms with Crippen LogP contribution in [-0.4, -0.2) is 63.7 Å². The number of imidazole rings is 1. The van der Waals surface area contributed by atoms with Crippen LogP contribution in [0.3, 0.4) is 0 Å². The quantitative estimate of drug-likeness (QED) is 0.844. The molecule has 102 valence electrons. The molecule has 6 nitrogen and oxygen atoms in total. The molecule has 0 aromatic carbocycles. The van der Waals surface area contributed by atoms with E-state index in [-0.39, 0.29) is 5.69 Å². The second-order valence-corrected chi connectivity index (χ2v) is 5.11. The van der Waals surface area contributed by atoms with Gasteiger partial charge in [-0.3, -0.25) is 4.57 Å². The van der Waals surface area contributed by atoms with Gasteiger partial charge in [-0.1, -0.05) is 0 Å². The van der Waals surface area contributed by atoms with E-state index in [0.29, 0.717) is 0 Å². The van der Waals surface area contributed by atoms with Crippen molar-refractivity contribution in [2.24, 2.45) is 0 Å². The van der Waals surface area contributed by atoms with Crippen LogP contribution in [0, 0.1) is 0 Å². The molecule has 6 heteroatoms. The van der Waals surface area contributed by atoms with E-state index >= 15 is 0 Å². The Bertz CT molecular complexity index is 527. The van der Waals surface area contributed by atoms with Gasteiger partial charge in [-0.25, -0.2) is 9.78 Å². The number of aromatic carboxylic acids is 1. The summed E-state index contributed by atoms with van der Waals surface area (Å²) in [6, 6.07) is 0. The number of nitrogens with zero attached hydrogens (tertiary/aromatic N) is 4. The van der Waals surface area contributed by atoms with Crippen molar-refractivity contribution in [3.05, 3.63) is 23.8 Å². The number of rotatable bonds is 2. The molecule has 1 N–H and O–H groups in total. The Morgan fingerprint density at radius 3 is 2.74 bits per heavy atom. The lowest BCUT2D eigenvalue weighted by atomic mass is 10.2. The fourth-order valence-electron chi connectivity index (χ4n) is 2.64. The molecule has 2 aliphatic heterocycles. The predicted molar refractivity (Wildman–Crippen MR) is 70.9 cm³/mol. The highest BCUT2D eigenvalue weighted by Crippen LogP contribution is 2.23. The zero-order valence-corrected chi connectivity index (χ0v) is 11.0. The van der Waals surface area contributed by atoms with E-state index in [4.69, 9.17) is 5.11 Å². The summed E-state index contributed by atoms with van der Waals surface area (Å²) in [7, 11) is 2.12. The summed E-state index contributed by atoms with van der Waals surface area (Å²) in [5, 5.41) is 9.05. The smallest absolute Gasteiger partial charge is 0.356 e. The molecule has 1 saturated heterocycles. The SMILES string of the molecule is CN1CCN(C2=CCCc3nc(C(=O)O)cn32)CC1. The minimum atomic E-state index is -0.959. The number of carbonyl (C=O) groups is 1. The highest BCUT2D eigenvalue weighted by Gasteiger charge is 2.23.